The molecule has 154 valence electrons. The Morgan fingerprint density at radius 1 is 0.538 bits per heavy atom. The lowest BCUT2D eigenvalue weighted by molar-refractivity contribution is -0.154. The fourth-order valence-corrected chi connectivity index (χ4v) is 1.24. The van der Waals surface area contributed by atoms with Gasteiger partial charge in [0, 0.05) is 12.8 Å². The minimum atomic E-state index is -0.536. The Kier molecular flexibility index (Phi) is 25.2. The second kappa shape index (κ2) is 22.9. The smallest absolute Gasteiger partial charge is 0.317 e. The van der Waals surface area contributed by atoms with Gasteiger partial charge in [-0.25, -0.2) is 0 Å². The van der Waals surface area contributed by atoms with Crippen LogP contribution in [0.5, 0.6) is 0 Å². The van der Waals surface area contributed by atoms with Crippen LogP contribution in [0.4, 0.5) is 0 Å². The molecule has 0 saturated carbocycles. The second-order valence-corrected chi connectivity index (χ2v) is 4.50. The van der Waals surface area contributed by atoms with Crippen LogP contribution in [0.2, 0.25) is 0 Å². The molecule has 8 nitrogen and oxygen atoms in total. The van der Waals surface area contributed by atoms with Gasteiger partial charge in [0.1, 0.15) is 6.42 Å². The third-order valence-electron chi connectivity index (χ3n) is 2.25. The Balaban J connectivity index is -0.000000315. The molecule has 0 rings (SSSR count). The molecule has 0 fully saturated rings. The molecule has 26 heavy (non-hydrogen) atoms. The molecule has 0 spiro atoms. The summed E-state index contributed by atoms with van der Waals surface area (Å²) in [5, 5.41) is 0. The first-order valence-electron chi connectivity index (χ1n) is 8.94. The van der Waals surface area contributed by atoms with Crippen molar-refractivity contribution in [2.24, 2.45) is 0 Å². The molecule has 0 bridgehead atoms. The summed E-state index contributed by atoms with van der Waals surface area (Å²) in [4.78, 5) is 41.8. The van der Waals surface area contributed by atoms with Gasteiger partial charge in [-0.3, -0.25) is 19.2 Å². The van der Waals surface area contributed by atoms with E-state index in [0.717, 1.165) is 6.42 Å². The monoisotopic (exact) mass is 378 g/mol. The molecule has 0 aliphatic carbocycles. The third-order valence-corrected chi connectivity index (χ3v) is 2.25. The molecule has 0 aliphatic rings. The Morgan fingerprint density at radius 3 is 1.15 bits per heavy atom. The van der Waals surface area contributed by atoms with Crippen molar-refractivity contribution in [3.8, 4) is 0 Å². The highest BCUT2D eigenvalue weighted by atomic mass is 16.6. The Morgan fingerprint density at radius 2 is 0.885 bits per heavy atom. The molecule has 0 unspecified atom stereocenters. The molecule has 0 aromatic carbocycles. The number of carbonyl (C=O) groups excluding carboxylic acids is 4. The maximum Gasteiger partial charge on any atom is 0.317 e. The van der Waals surface area contributed by atoms with E-state index in [2.05, 4.69) is 18.9 Å². The van der Waals surface area contributed by atoms with Crippen molar-refractivity contribution in [1.82, 2.24) is 0 Å². The average Bonchev–Trinajstić information content (AvgIpc) is 2.57. The number of carbonyl (C=O) groups is 4. The molecular weight excluding hydrogens is 344 g/mol. The Labute approximate surface area is 156 Å². The molecule has 0 heterocycles. The molecule has 8 heteroatoms. The van der Waals surface area contributed by atoms with Crippen LogP contribution in [0, 0.1) is 0 Å². The van der Waals surface area contributed by atoms with Crippen LogP contribution in [0.1, 0.15) is 67.2 Å². The van der Waals surface area contributed by atoms with E-state index in [1.165, 1.54) is 0 Å². The van der Waals surface area contributed by atoms with Gasteiger partial charge in [0.2, 0.25) is 0 Å². The average molecular weight is 378 g/mol. The first-order valence-corrected chi connectivity index (χ1v) is 8.94. The first kappa shape index (κ1) is 28.7. The number of ether oxygens (including phenoxy) is 4. The highest BCUT2D eigenvalue weighted by Gasteiger charge is 2.09. The van der Waals surface area contributed by atoms with Crippen molar-refractivity contribution in [2.45, 2.75) is 67.2 Å². The van der Waals surface area contributed by atoms with Gasteiger partial charge in [-0.05, 0) is 34.1 Å². The largest absolute Gasteiger partial charge is 0.466 e. The van der Waals surface area contributed by atoms with Crippen molar-refractivity contribution in [3.05, 3.63) is 0 Å². The standard InChI is InChI=1S/C7H12O4.C6H12O2.C5H10O2/c1-3-10-6(8)5-7(9)11-4-2;1-3-5-6(7)8-4-2;1-3-5(6)7-4-2/h3-5H2,1-2H3;3-5H2,1-2H3;3-4H2,1-2H3. The third kappa shape index (κ3) is 26.8. The molecule has 0 radical (unpaired) electrons. The van der Waals surface area contributed by atoms with Crippen LogP contribution in [0.25, 0.3) is 0 Å². The van der Waals surface area contributed by atoms with Gasteiger partial charge in [-0.15, -0.1) is 0 Å². The maximum atomic E-state index is 10.6. The van der Waals surface area contributed by atoms with E-state index in [0.29, 0.717) is 26.1 Å². The van der Waals surface area contributed by atoms with Crippen LogP contribution in [0.15, 0.2) is 0 Å². The topological polar surface area (TPSA) is 105 Å². The lowest BCUT2D eigenvalue weighted by Crippen LogP contribution is -2.13. The van der Waals surface area contributed by atoms with E-state index in [9.17, 15) is 19.2 Å². The van der Waals surface area contributed by atoms with Crippen molar-refractivity contribution >= 4 is 23.9 Å². The Hall–Kier alpha value is -2.12. The minimum absolute atomic E-state index is 0.0880. The molecule has 0 saturated heterocycles. The number of esters is 4. The van der Waals surface area contributed by atoms with Crippen LogP contribution in [0.3, 0.4) is 0 Å². The summed E-state index contributed by atoms with van der Waals surface area (Å²) in [5.74, 6) is -1.28. The van der Waals surface area contributed by atoms with Crippen LogP contribution in [-0.2, 0) is 38.1 Å². The number of hydrogen-bond acceptors (Lipinski definition) is 8. The molecular formula is C18H34O8. The fraction of sp³-hybridized carbons (Fsp3) is 0.778. The zero-order valence-electron chi connectivity index (χ0n) is 16.9. The van der Waals surface area contributed by atoms with E-state index >= 15 is 0 Å². The highest BCUT2D eigenvalue weighted by Crippen LogP contribution is 1.90. The molecule has 0 aromatic heterocycles. The molecule has 0 N–H and O–H groups in total. The van der Waals surface area contributed by atoms with E-state index in [-0.39, 0.29) is 31.6 Å². The molecule has 0 aliphatic heterocycles. The summed E-state index contributed by atoms with van der Waals surface area (Å²) < 4.78 is 18.2. The van der Waals surface area contributed by atoms with Crippen LogP contribution < -0.4 is 0 Å². The molecule has 0 atom stereocenters. The molecule has 0 aromatic rings. The van der Waals surface area contributed by atoms with Crippen molar-refractivity contribution in [1.29, 1.82) is 0 Å². The van der Waals surface area contributed by atoms with Crippen LogP contribution >= 0.6 is 0 Å². The van der Waals surface area contributed by atoms with Gasteiger partial charge in [0.15, 0.2) is 0 Å². The van der Waals surface area contributed by atoms with Crippen molar-refractivity contribution < 1.29 is 38.1 Å². The van der Waals surface area contributed by atoms with Gasteiger partial charge in [0.25, 0.3) is 0 Å². The fourth-order valence-electron chi connectivity index (χ4n) is 1.24. The lowest BCUT2D eigenvalue weighted by atomic mass is 10.3. The second-order valence-electron chi connectivity index (χ2n) is 4.50. The van der Waals surface area contributed by atoms with E-state index in [4.69, 9.17) is 0 Å². The van der Waals surface area contributed by atoms with Gasteiger partial charge in [-0.1, -0.05) is 13.8 Å². The van der Waals surface area contributed by atoms with Gasteiger partial charge < -0.3 is 18.9 Å². The van der Waals surface area contributed by atoms with Gasteiger partial charge in [0.05, 0.1) is 26.4 Å². The van der Waals surface area contributed by atoms with E-state index < -0.39 is 11.9 Å². The quantitative estimate of drug-likeness (QED) is 0.343. The summed E-state index contributed by atoms with van der Waals surface area (Å²) in [7, 11) is 0. The van der Waals surface area contributed by atoms with Gasteiger partial charge >= 0.3 is 23.9 Å². The van der Waals surface area contributed by atoms with E-state index in [1.54, 1.807) is 27.7 Å². The lowest BCUT2D eigenvalue weighted by Gasteiger charge is -2.00. The molecule has 0 amide bonds. The SMILES string of the molecule is CCCC(=O)OCC.CCOC(=O)CC.CCOC(=O)CC(=O)OCC. The normalized spacial score (nSPS) is 8.69. The van der Waals surface area contributed by atoms with Gasteiger partial charge in [-0.2, -0.15) is 0 Å². The zero-order chi connectivity index (χ0) is 20.8. The minimum Gasteiger partial charge on any atom is -0.466 e. The number of hydrogen-bond donors (Lipinski definition) is 0. The maximum absolute atomic E-state index is 10.6. The zero-order valence-corrected chi connectivity index (χ0v) is 16.9. The van der Waals surface area contributed by atoms with Crippen molar-refractivity contribution in [3.63, 3.8) is 0 Å². The number of rotatable bonds is 9. The first-order chi connectivity index (χ1) is 12.3. The summed E-state index contributed by atoms with van der Waals surface area (Å²) in [5.41, 5.74) is 0. The van der Waals surface area contributed by atoms with E-state index in [1.807, 2.05) is 13.8 Å². The predicted octanol–water partition coefficient (Wildman–Crippen LogP) is 2.81. The Bertz CT molecular complexity index is 355. The summed E-state index contributed by atoms with van der Waals surface area (Å²) in [6.07, 6.45) is 1.61. The summed E-state index contributed by atoms with van der Waals surface area (Å²) in [6, 6.07) is 0. The summed E-state index contributed by atoms with van der Waals surface area (Å²) >= 11 is 0. The highest BCUT2D eigenvalue weighted by molar-refractivity contribution is 5.91. The predicted molar refractivity (Wildman–Crippen MR) is 96.3 cm³/mol. The van der Waals surface area contributed by atoms with Crippen LogP contribution in [-0.4, -0.2) is 50.3 Å². The summed E-state index contributed by atoms with van der Waals surface area (Å²) in [6.45, 7) is 12.3. The van der Waals surface area contributed by atoms with Crippen molar-refractivity contribution in [2.75, 3.05) is 26.4 Å².